The minimum absolute atomic E-state index is 0.0616. The van der Waals surface area contributed by atoms with E-state index >= 15 is 0 Å². The van der Waals surface area contributed by atoms with Crippen LogP contribution in [-0.4, -0.2) is 59.9 Å². The van der Waals surface area contributed by atoms with Crippen LogP contribution in [0, 0.1) is 29.1 Å². The van der Waals surface area contributed by atoms with Crippen molar-refractivity contribution in [2.45, 2.75) is 50.6 Å². The summed E-state index contributed by atoms with van der Waals surface area (Å²) in [7, 11) is 1.59. The number of carbonyl (C=O) groups excluding carboxylic acids is 3. The SMILES string of the molecule is COc1cccc2[nH]c(C(=O)N3CC4CCCC4C3C(=O)NC(C#N)CC3CCCNC3=O)cc12. The van der Waals surface area contributed by atoms with Crippen molar-refractivity contribution in [3.63, 3.8) is 0 Å². The Morgan fingerprint density at radius 1 is 1.29 bits per heavy atom. The first-order valence-electron chi connectivity index (χ1n) is 12.4. The molecule has 1 aromatic heterocycles. The van der Waals surface area contributed by atoms with E-state index in [2.05, 4.69) is 21.7 Å². The fourth-order valence-electron chi connectivity index (χ4n) is 6.17. The number of H-pyrrole nitrogens is 1. The monoisotopic (exact) mass is 477 g/mol. The topological polar surface area (TPSA) is 127 Å². The summed E-state index contributed by atoms with van der Waals surface area (Å²) in [6, 6.07) is 8.12. The van der Waals surface area contributed by atoms with Crippen molar-refractivity contribution in [3.05, 3.63) is 30.0 Å². The summed E-state index contributed by atoms with van der Waals surface area (Å²) < 4.78 is 5.42. The van der Waals surface area contributed by atoms with Crippen LogP contribution < -0.4 is 15.4 Å². The lowest BCUT2D eigenvalue weighted by Crippen LogP contribution is -2.51. The minimum atomic E-state index is -0.772. The lowest BCUT2D eigenvalue weighted by Gasteiger charge is -2.29. The predicted molar refractivity (Wildman–Crippen MR) is 128 cm³/mol. The molecule has 0 bridgehead atoms. The zero-order chi connectivity index (χ0) is 24.5. The molecule has 3 heterocycles. The predicted octanol–water partition coefficient (Wildman–Crippen LogP) is 2.34. The van der Waals surface area contributed by atoms with E-state index < -0.39 is 12.1 Å². The van der Waals surface area contributed by atoms with E-state index in [4.69, 9.17) is 4.74 Å². The van der Waals surface area contributed by atoms with Gasteiger partial charge in [-0.05, 0) is 62.1 Å². The number of nitrogens with zero attached hydrogens (tertiary/aromatic N) is 2. The number of amides is 3. The number of nitrogens with one attached hydrogen (secondary N) is 3. The number of likely N-dealkylation sites (tertiary alicyclic amines) is 1. The lowest BCUT2D eigenvalue weighted by atomic mass is 9.91. The van der Waals surface area contributed by atoms with Crippen LogP contribution in [0.25, 0.3) is 10.9 Å². The Hall–Kier alpha value is -3.54. The highest BCUT2D eigenvalue weighted by molar-refractivity contribution is 6.02. The van der Waals surface area contributed by atoms with Crippen molar-refractivity contribution in [3.8, 4) is 11.8 Å². The average Bonchev–Trinajstić information content (AvgIpc) is 3.58. The number of piperidine rings is 1. The van der Waals surface area contributed by atoms with Gasteiger partial charge >= 0.3 is 0 Å². The van der Waals surface area contributed by atoms with Gasteiger partial charge in [0.25, 0.3) is 5.91 Å². The number of nitriles is 1. The molecule has 2 saturated heterocycles. The molecule has 3 amide bonds. The van der Waals surface area contributed by atoms with Crippen LogP contribution in [0.2, 0.25) is 0 Å². The van der Waals surface area contributed by atoms with E-state index in [0.717, 1.165) is 36.6 Å². The van der Waals surface area contributed by atoms with Crippen LogP contribution >= 0.6 is 0 Å². The van der Waals surface area contributed by atoms with Crippen LogP contribution in [0.3, 0.4) is 0 Å². The van der Waals surface area contributed by atoms with Crippen molar-refractivity contribution in [2.24, 2.45) is 17.8 Å². The molecule has 1 saturated carbocycles. The van der Waals surface area contributed by atoms with Crippen LogP contribution in [0.15, 0.2) is 24.3 Å². The molecule has 2 aliphatic heterocycles. The van der Waals surface area contributed by atoms with Crippen LogP contribution in [0.1, 0.15) is 49.0 Å². The molecule has 9 nitrogen and oxygen atoms in total. The number of hydrogen-bond acceptors (Lipinski definition) is 5. The van der Waals surface area contributed by atoms with Gasteiger partial charge < -0.3 is 25.3 Å². The number of aromatic amines is 1. The summed E-state index contributed by atoms with van der Waals surface area (Å²) in [5, 5.41) is 16.2. The van der Waals surface area contributed by atoms with E-state index in [9.17, 15) is 19.6 Å². The van der Waals surface area contributed by atoms with Crippen LogP contribution in [0.4, 0.5) is 0 Å². The molecule has 3 N–H and O–H groups in total. The molecule has 3 fully saturated rings. The summed E-state index contributed by atoms with van der Waals surface area (Å²) in [6.45, 7) is 1.18. The van der Waals surface area contributed by atoms with Gasteiger partial charge in [-0.2, -0.15) is 5.26 Å². The second-order valence-corrected chi connectivity index (χ2v) is 9.92. The third-order valence-corrected chi connectivity index (χ3v) is 7.89. The first-order valence-corrected chi connectivity index (χ1v) is 12.4. The zero-order valence-corrected chi connectivity index (χ0v) is 19.9. The Balaban J connectivity index is 1.36. The van der Waals surface area contributed by atoms with Crippen molar-refractivity contribution in [1.29, 1.82) is 5.26 Å². The molecule has 184 valence electrons. The standard InChI is InChI=1S/C26H31N5O4/c1-35-22-9-3-8-20-19(22)12-21(30-20)26(34)31-14-16-5-2-7-18(16)23(31)25(33)29-17(13-27)11-15-6-4-10-28-24(15)32/h3,8-9,12,15-18,23,30H,2,4-7,10-11,14H2,1H3,(H,28,32)(H,29,33). The Morgan fingerprint density at radius 2 is 2.14 bits per heavy atom. The summed E-state index contributed by atoms with van der Waals surface area (Å²) in [5.41, 5.74) is 1.21. The van der Waals surface area contributed by atoms with Gasteiger partial charge in [0.1, 0.15) is 23.5 Å². The number of aromatic nitrogens is 1. The third-order valence-electron chi connectivity index (χ3n) is 7.89. The zero-order valence-electron chi connectivity index (χ0n) is 19.9. The molecule has 1 aromatic carbocycles. The third kappa shape index (κ3) is 4.33. The molecule has 5 unspecified atom stereocenters. The molecule has 9 heteroatoms. The van der Waals surface area contributed by atoms with Crippen LogP contribution in [-0.2, 0) is 9.59 Å². The fraction of sp³-hybridized carbons (Fsp3) is 0.538. The van der Waals surface area contributed by atoms with Gasteiger partial charge in [0.2, 0.25) is 11.8 Å². The van der Waals surface area contributed by atoms with E-state index in [-0.39, 0.29) is 41.9 Å². The smallest absolute Gasteiger partial charge is 0.271 e. The molecule has 35 heavy (non-hydrogen) atoms. The number of carbonyl (C=O) groups is 3. The Bertz CT molecular complexity index is 1180. The Kier molecular flexibility index (Phi) is 6.37. The summed E-state index contributed by atoms with van der Waals surface area (Å²) >= 11 is 0. The Labute approximate surface area is 204 Å². The second-order valence-electron chi connectivity index (χ2n) is 9.92. The maximum atomic E-state index is 13.6. The van der Waals surface area contributed by atoms with Crippen LogP contribution in [0.5, 0.6) is 5.75 Å². The minimum Gasteiger partial charge on any atom is -0.496 e. The largest absolute Gasteiger partial charge is 0.496 e. The molecular weight excluding hydrogens is 446 g/mol. The quantitative estimate of drug-likeness (QED) is 0.589. The van der Waals surface area contributed by atoms with E-state index in [1.807, 2.05) is 18.2 Å². The average molecular weight is 478 g/mol. The maximum absolute atomic E-state index is 13.6. The number of methoxy groups -OCH3 is 1. The van der Waals surface area contributed by atoms with E-state index in [1.54, 1.807) is 18.1 Å². The van der Waals surface area contributed by atoms with Crippen molar-refractivity contribution in [2.75, 3.05) is 20.2 Å². The summed E-state index contributed by atoms with van der Waals surface area (Å²) in [5.74, 6) is 0.161. The van der Waals surface area contributed by atoms with Gasteiger partial charge in [-0.3, -0.25) is 14.4 Å². The molecule has 5 atom stereocenters. The lowest BCUT2D eigenvalue weighted by molar-refractivity contribution is -0.129. The first-order chi connectivity index (χ1) is 17.0. The summed E-state index contributed by atoms with van der Waals surface area (Å²) in [4.78, 5) is 44.2. The van der Waals surface area contributed by atoms with Crippen molar-refractivity contribution < 1.29 is 19.1 Å². The number of rotatable bonds is 6. The van der Waals surface area contributed by atoms with Gasteiger partial charge in [0.05, 0.1) is 13.2 Å². The molecule has 5 rings (SSSR count). The van der Waals surface area contributed by atoms with Gasteiger partial charge in [-0.15, -0.1) is 0 Å². The van der Waals surface area contributed by atoms with Crippen molar-refractivity contribution >= 4 is 28.6 Å². The van der Waals surface area contributed by atoms with Crippen molar-refractivity contribution in [1.82, 2.24) is 20.5 Å². The molecule has 0 radical (unpaired) electrons. The Morgan fingerprint density at radius 3 is 2.91 bits per heavy atom. The van der Waals surface area contributed by atoms with Gasteiger partial charge in [0, 0.05) is 29.9 Å². The molecule has 0 spiro atoms. The second kappa shape index (κ2) is 9.61. The van der Waals surface area contributed by atoms with E-state index in [1.165, 1.54) is 0 Å². The molecular formula is C26H31N5O4. The number of hydrogen-bond donors (Lipinski definition) is 3. The molecule has 3 aliphatic rings. The highest BCUT2D eigenvalue weighted by atomic mass is 16.5. The fourth-order valence-corrected chi connectivity index (χ4v) is 6.17. The molecule has 1 aliphatic carbocycles. The summed E-state index contributed by atoms with van der Waals surface area (Å²) in [6.07, 6.45) is 4.77. The highest BCUT2D eigenvalue weighted by Crippen LogP contribution is 2.43. The first kappa shape index (κ1) is 23.2. The molecule has 2 aromatic rings. The number of benzene rings is 1. The van der Waals surface area contributed by atoms with Gasteiger partial charge in [-0.25, -0.2) is 0 Å². The number of fused-ring (bicyclic) bond motifs is 2. The number of ether oxygens (including phenoxy) is 1. The normalized spacial score (nSPS) is 26.6. The van der Waals surface area contributed by atoms with E-state index in [0.29, 0.717) is 31.0 Å². The highest BCUT2D eigenvalue weighted by Gasteiger charge is 2.50. The van der Waals surface area contributed by atoms with Gasteiger partial charge in [-0.1, -0.05) is 12.5 Å². The van der Waals surface area contributed by atoms with Gasteiger partial charge in [0.15, 0.2) is 0 Å². The maximum Gasteiger partial charge on any atom is 0.271 e.